The minimum Gasteiger partial charge on any atom is -0.358 e. The topological polar surface area (TPSA) is 52.7 Å². The number of rotatable bonds is 4. The van der Waals surface area contributed by atoms with E-state index in [0.29, 0.717) is 31.7 Å². The Bertz CT molecular complexity index is 841. The number of hydrogen-bond donors (Lipinski definition) is 1. The van der Waals surface area contributed by atoms with Crippen LogP contribution in [0.5, 0.6) is 0 Å². The van der Waals surface area contributed by atoms with Gasteiger partial charge in [0.1, 0.15) is 6.04 Å². The van der Waals surface area contributed by atoms with Crippen molar-refractivity contribution in [2.45, 2.75) is 38.8 Å². The molecule has 0 bridgehead atoms. The lowest BCUT2D eigenvalue weighted by Crippen LogP contribution is -2.59. The van der Waals surface area contributed by atoms with Crippen molar-refractivity contribution in [3.05, 3.63) is 71.3 Å². The average molecular weight is 394 g/mol. The highest BCUT2D eigenvalue weighted by Crippen LogP contribution is 2.23. The first kappa shape index (κ1) is 21.1. The molecule has 2 aromatic carbocycles. The molecule has 3 rings (SSSR count). The molecule has 1 heterocycles. The molecule has 1 aliphatic rings. The lowest BCUT2D eigenvalue weighted by Gasteiger charge is -2.40. The summed E-state index contributed by atoms with van der Waals surface area (Å²) in [5, 5.41) is 2.76. The van der Waals surface area contributed by atoms with Crippen LogP contribution in [0.1, 0.15) is 42.3 Å². The Balaban J connectivity index is 1.73. The fourth-order valence-corrected chi connectivity index (χ4v) is 3.72. The van der Waals surface area contributed by atoms with Gasteiger partial charge < -0.3 is 10.2 Å². The van der Waals surface area contributed by atoms with Crippen LogP contribution in [0.3, 0.4) is 0 Å². The van der Waals surface area contributed by atoms with Crippen LogP contribution < -0.4 is 5.32 Å². The van der Waals surface area contributed by atoms with Crippen LogP contribution in [0.4, 0.5) is 0 Å². The fourth-order valence-electron chi connectivity index (χ4n) is 3.72. The molecule has 154 valence electrons. The third-order valence-electron chi connectivity index (χ3n) is 5.55. The maximum absolute atomic E-state index is 13.1. The monoisotopic (exact) mass is 393 g/mol. The van der Waals surface area contributed by atoms with E-state index in [1.165, 1.54) is 11.1 Å². The number of carbonyl (C=O) groups excluding carboxylic acids is 2. The van der Waals surface area contributed by atoms with Crippen LogP contribution in [0.25, 0.3) is 0 Å². The van der Waals surface area contributed by atoms with E-state index in [9.17, 15) is 9.59 Å². The third kappa shape index (κ3) is 5.04. The molecule has 1 saturated heterocycles. The normalized spacial score (nSPS) is 17.8. The van der Waals surface area contributed by atoms with Gasteiger partial charge in [0.05, 0.1) is 0 Å². The van der Waals surface area contributed by atoms with E-state index in [4.69, 9.17) is 0 Å². The molecule has 0 aromatic heterocycles. The molecule has 0 radical (unpaired) electrons. The van der Waals surface area contributed by atoms with Crippen LogP contribution in [0, 0.1) is 0 Å². The summed E-state index contributed by atoms with van der Waals surface area (Å²) in [6.45, 7) is 8.84. The van der Waals surface area contributed by atoms with Crippen molar-refractivity contribution < 1.29 is 9.59 Å². The van der Waals surface area contributed by atoms with Crippen LogP contribution in [-0.2, 0) is 16.8 Å². The first-order valence-corrected chi connectivity index (χ1v) is 10.2. The fraction of sp³-hybridized carbons (Fsp3) is 0.417. The van der Waals surface area contributed by atoms with E-state index in [1.54, 1.807) is 11.9 Å². The van der Waals surface area contributed by atoms with Crippen LogP contribution >= 0.6 is 0 Å². The molecule has 1 atom stereocenters. The van der Waals surface area contributed by atoms with E-state index in [1.807, 2.05) is 42.5 Å². The van der Waals surface area contributed by atoms with E-state index >= 15 is 0 Å². The molecule has 0 saturated carbocycles. The van der Waals surface area contributed by atoms with Gasteiger partial charge in [0.15, 0.2) is 0 Å². The van der Waals surface area contributed by atoms with Gasteiger partial charge in [0.25, 0.3) is 5.91 Å². The SMILES string of the molecule is CNC(=O)C1CN(C(=O)c2ccc(C(C)(C)C)cc2)CCN1Cc1ccccc1. The molecule has 2 aromatic rings. The first-order valence-electron chi connectivity index (χ1n) is 10.2. The number of hydrogen-bond acceptors (Lipinski definition) is 3. The minimum atomic E-state index is -0.355. The maximum atomic E-state index is 13.1. The van der Waals surface area contributed by atoms with E-state index < -0.39 is 0 Å². The van der Waals surface area contributed by atoms with Crippen molar-refractivity contribution >= 4 is 11.8 Å². The zero-order valence-electron chi connectivity index (χ0n) is 17.8. The molecule has 5 nitrogen and oxygen atoms in total. The standard InChI is InChI=1S/C24H31N3O2/c1-24(2,3)20-12-10-19(11-13-20)23(29)27-15-14-26(21(17-27)22(28)25-4)16-18-8-6-5-7-9-18/h5-13,21H,14-17H2,1-4H3,(H,25,28). The van der Waals surface area contributed by atoms with Crippen molar-refractivity contribution in [2.75, 3.05) is 26.7 Å². The highest BCUT2D eigenvalue weighted by Gasteiger charge is 2.34. The van der Waals surface area contributed by atoms with Crippen molar-refractivity contribution in [2.24, 2.45) is 0 Å². The quantitative estimate of drug-likeness (QED) is 0.869. The van der Waals surface area contributed by atoms with Gasteiger partial charge >= 0.3 is 0 Å². The largest absolute Gasteiger partial charge is 0.358 e. The maximum Gasteiger partial charge on any atom is 0.253 e. The molecule has 0 aliphatic carbocycles. The number of likely N-dealkylation sites (N-methyl/N-ethyl adjacent to an activating group) is 1. The summed E-state index contributed by atoms with van der Waals surface area (Å²) in [5.74, 6) is -0.0692. The highest BCUT2D eigenvalue weighted by atomic mass is 16.2. The molecule has 2 amide bonds. The molecule has 1 aliphatic heterocycles. The second-order valence-electron chi connectivity index (χ2n) is 8.66. The third-order valence-corrected chi connectivity index (χ3v) is 5.55. The van der Waals surface area contributed by atoms with E-state index in [-0.39, 0.29) is 23.3 Å². The smallest absolute Gasteiger partial charge is 0.253 e. The first-order chi connectivity index (χ1) is 13.8. The molecule has 29 heavy (non-hydrogen) atoms. The average Bonchev–Trinajstić information content (AvgIpc) is 2.73. The number of amides is 2. The van der Waals surface area contributed by atoms with Crippen molar-refractivity contribution in [1.29, 1.82) is 0 Å². The van der Waals surface area contributed by atoms with E-state index in [0.717, 1.165) is 0 Å². The molecule has 0 spiro atoms. The van der Waals surface area contributed by atoms with Gasteiger partial charge in [-0.05, 0) is 28.7 Å². The summed E-state index contributed by atoms with van der Waals surface area (Å²) < 4.78 is 0. The summed E-state index contributed by atoms with van der Waals surface area (Å²) in [4.78, 5) is 29.5. The van der Waals surface area contributed by atoms with Gasteiger partial charge in [0, 0.05) is 38.8 Å². The van der Waals surface area contributed by atoms with Gasteiger partial charge in [0.2, 0.25) is 5.91 Å². The molecular weight excluding hydrogens is 362 g/mol. The van der Waals surface area contributed by atoms with Gasteiger partial charge in [-0.25, -0.2) is 0 Å². The summed E-state index contributed by atoms with van der Waals surface area (Å²) >= 11 is 0. The van der Waals surface area contributed by atoms with E-state index in [2.05, 4.69) is 43.1 Å². The second kappa shape index (κ2) is 8.78. The Labute approximate surface area is 173 Å². The van der Waals surface area contributed by atoms with Crippen LogP contribution in [0.15, 0.2) is 54.6 Å². The van der Waals surface area contributed by atoms with Crippen LogP contribution in [0.2, 0.25) is 0 Å². The Kier molecular flexibility index (Phi) is 6.38. The molecular formula is C24H31N3O2. The number of nitrogens with zero attached hydrogens (tertiary/aromatic N) is 2. The van der Waals surface area contributed by atoms with Gasteiger partial charge in [-0.1, -0.05) is 63.2 Å². The summed E-state index contributed by atoms with van der Waals surface area (Å²) in [6.07, 6.45) is 0. The summed E-state index contributed by atoms with van der Waals surface area (Å²) in [5.41, 5.74) is 3.09. The number of benzene rings is 2. The van der Waals surface area contributed by atoms with Gasteiger partial charge in [-0.15, -0.1) is 0 Å². The predicted octanol–water partition coefficient (Wildman–Crippen LogP) is 3.06. The molecule has 1 N–H and O–H groups in total. The lowest BCUT2D eigenvalue weighted by atomic mass is 9.86. The summed E-state index contributed by atoms with van der Waals surface area (Å²) in [7, 11) is 1.65. The Morgan fingerprint density at radius 3 is 2.24 bits per heavy atom. The van der Waals surface area contributed by atoms with Gasteiger partial charge in [-0.3, -0.25) is 14.5 Å². The van der Waals surface area contributed by atoms with Crippen molar-refractivity contribution in [3.63, 3.8) is 0 Å². The predicted molar refractivity (Wildman–Crippen MR) is 116 cm³/mol. The number of nitrogens with one attached hydrogen (secondary N) is 1. The number of piperazine rings is 1. The van der Waals surface area contributed by atoms with Crippen molar-refractivity contribution in [3.8, 4) is 0 Å². The molecule has 1 unspecified atom stereocenters. The molecule has 1 fully saturated rings. The van der Waals surface area contributed by atoms with Gasteiger partial charge in [-0.2, -0.15) is 0 Å². The Morgan fingerprint density at radius 2 is 1.66 bits per heavy atom. The minimum absolute atomic E-state index is 0.0151. The molecule has 5 heteroatoms. The second-order valence-corrected chi connectivity index (χ2v) is 8.66. The Hall–Kier alpha value is -2.66. The van der Waals surface area contributed by atoms with Crippen LogP contribution in [-0.4, -0.2) is 54.3 Å². The zero-order chi connectivity index (χ0) is 21.0. The Morgan fingerprint density at radius 1 is 1.00 bits per heavy atom. The summed E-state index contributed by atoms with van der Waals surface area (Å²) in [6, 6.07) is 17.6. The highest BCUT2D eigenvalue weighted by molar-refractivity contribution is 5.95. The zero-order valence-corrected chi connectivity index (χ0v) is 17.8. The van der Waals surface area contributed by atoms with Crippen molar-refractivity contribution in [1.82, 2.24) is 15.1 Å². The number of carbonyl (C=O) groups is 2. The lowest BCUT2D eigenvalue weighted by molar-refractivity contribution is -0.128.